The molecule has 4 rings (SSSR count). The van der Waals surface area contributed by atoms with Crippen LogP contribution in [0.5, 0.6) is 0 Å². The van der Waals surface area contributed by atoms with Crippen molar-refractivity contribution in [2.75, 3.05) is 26.2 Å². The zero-order valence-electron chi connectivity index (χ0n) is 19.8. The van der Waals surface area contributed by atoms with E-state index in [1.165, 1.54) is 0 Å². The largest absolute Gasteiger partial charge is 0.344 e. The van der Waals surface area contributed by atoms with Gasteiger partial charge in [-0.2, -0.15) is 0 Å². The third kappa shape index (κ3) is 4.79. The molecule has 1 atom stereocenters. The first kappa shape index (κ1) is 24.2. The first-order chi connectivity index (χ1) is 16.3. The highest BCUT2D eigenvalue weighted by atomic mass is 19.2. The highest BCUT2D eigenvalue weighted by molar-refractivity contribution is 5.99. The Morgan fingerprint density at radius 2 is 1.59 bits per heavy atom. The summed E-state index contributed by atoms with van der Waals surface area (Å²) >= 11 is 0. The van der Waals surface area contributed by atoms with Gasteiger partial charge in [-0.15, -0.1) is 0 Å². The molecule has 1 saturated heterocycles. The van der Waals surface area contributed by atoms with Crippen molar-refractivity contribution in [2.24, 2.45) is 13.0 Å². The van der Waals surface area contributed by atoms with E-state index >= 15 is 0 Å². The molecular formula is C25H32F2N4O3. The number of aromatic nitrogens is 1. The van der Waals surface area contributed by atoms with Crippen LogP contribution in [0.1, 0.15) is 55.9 Å². The number of carbonyl (C=O) groups is 3. The smallest absolute Gasteiger partial charge is 0.270 e. The number of carbonyl (C=O) groups excluding carboxylic acids is 3. The van der Waals surface area contributed by atoms with Crippen LogP contribution in [-0.4, -0.2) is 64.3 Å². The lowest BCUT2D eigenvalue weighted by Gasteiger charge is -2.39. The number of piperazine rings is 1. The van der Waals surface area contributed by atoms with E-state index in [9.17, 15) is 23.2 Å². The minimum absolute atomic E-state index is 0.0728. The van der Waals surface area contributed by atoms with Gasteiger partial charge in [0.15, 0.2) is 11.6 Å². The predicted molar refractivity (Wildman–Crippen MR) is 124 cm³/mol. The molecule has 34 heavy (non-hydrogen) atoms. The van der Waals surface area contributed by atoms with Gasteiger partial charge in [-0.3, -0.25) is 14.4 Å². The van der Waals surface area contributed by atoms with Crippen LogP contribution in [0.2, 0.25) is 0 Å². The van der Waals surface area contributed by atoms with E-state index in [1.807, 2.05) is 0 Å². The molecule has 0 bridgehead atoms. The molecule has 0 unspecified atom stereocenters. The summed E-state index contributed by atoms with van der Waals surface area (Å²) in [6.45, 7) is 3.24. The van der Waals surface area contributed by atoms with Crippen LogP contribution in [-0.2, 0) is 16.6 Å². The quantitative estimate of drug-likeness (QED) is 0.723. The lowest BCUT2D eigenvalue weighted by Crippen LogP contribution is -2.57. The van der Waals surface area contributed by atoms with Crippen LogP contribution >= 0.6 is 0 Å². The second-order valence-corrected chi connectivity index (χ2v) is 9.33. The van der Waals surface area contributed by atoms with Gasteiger partial charge in [-0.05, 0) is 30.9 Å². The first-order valence-corrected chi connectivity index (χ1v) is 12.1. The predicted octanol–water partition coefficient (Wildman–Crippen LogP) is 3.22. The number of nitrogens with one attached hydrogen (secondary N) is 1. The molecule has 7 nitrogen and oxygen atoms in total. The number of fused-ring (bicyclic) bond motifs is 1. The molecule has 3 amide bonds. The molecule has 2 aromatic rings. The van der Waals surface area contributed by atoms with Gasteiger partial charge in [0.25, 0.3) is 5.91 Å². The molecular weight excluding hydrogens is 442 g/mol. The molecule has 1 aromatic heterocycles. The van der Waals surface area contributed by atoms with E-state index < -0.39 is 17.7 Å². The second kappa shape index (κ2) is 10.1. The maximum atomic E-state index is 13.7. The minimum Gasteiger partial charge on any atom is -0.344 e. The second-order valence-electron chi connectivity index (χ2n) is 9.33. The van der Waals surface area contributed by atoms with Gasteiger partial charge in [-0.1, -0.05) is 26.2 Å². The Hall–Kier alpha value is -2.97. The molecule has 9 heteroatoms. The van der Waals surface area contributed by atoms with Crippen molar-refractivity contribution in [2.45, 2.75) is 51.5 Å². The first-order valence-electron chi connectivity index (χ1n) is 12.1. The number of amides is 3. The van der Waals surface area contributed by atoms with Gasteiger partial charge >= 0.3 is 0 Å². The molecule has 184 valence electrons. The summed E-state index contributed by atoms with van der Waals surface area (Å²) < 4.78 is 28.9. The van der Waals surface area contributed by atoms with E-state index in [2.05, 4.69) is 5.32 Å². The van der Waals surface area contributed by atoms with Gasteiger partial charge < -0.3 is 19.7 Å². The monoisotopic (exact) mass is 474 g/mol. The van der Waals surface area contributed by atoms with Crippen molar-refractivity contribution in [3.8, 4) is 0 Å². The normalized spacial score (nSPS) is 18.2. The molecule has 0 spiro atoms. The number of rotatable bonds is 5. The summed E-state index contributed by atoms with van der Waals surface area (Å²) in [6, 6.07) is 3.23. The van der Waals surface area contributed by atoms with Gasteiger partial charge in [0, 0.05) is 51.1 Å². The number of nitrogens with zero attached hydrogens (tertiary/aromatic N) is 3. The molecule has 1 aliphatic heterocycles. The number of hydrogen-bond donors (Lipinski definition) is 1. The van der Waals surface area contributed by atoms with Gasteiger partial charge in [0.05, 0.1) is 5.52 Å². The van der Waals surface area contributed by atoms with Crippen LogP contribution in [0.4, 0.5) is 8.78 Å². The Balaban J connectivity index is 1.44. The topological polar surface area (TPSA) is 74.7 Å². The van der Waals surface area contributed by atoms with E-state index in [0.29, 0.717) is 49.2 Å². The molecule has 2 aliphatic rings. The lowest BCUT2D eigenvalue weighted by molar-refractivity contribution is -0.139. The van der Waals surface area contributed by atoms with Crippen molar-refractivity contribution in [3.63, 3.8) is 0 Å². The van der Waals surface area contributed by atoms with Crippen LogP contribution in [0, 0.1) is 17.6 Å². The summed E-state index contributed by atoms with van der Waals surface area (Å²) in [5.41, 5.74) is 0.785. The fourth-order valence-corrected chi connectivity index (χ4v) is 5.15. The third-order valence-corrected chi connectivity index (χ3v) is 7.21. The number of aryl methyl sites for hydroxylation is 1. The van der Waals surface area contributed by atoms with E-state index in [0.717, 1.165) is 44.2 Å². The molecule has 1 aromatic carbocycles. The van der Waals surface area contributed by atoms with Gasteiger partial charge in [0.1, 0.15) is 11.7 Å². The van der Waals surface area contributed by atoms with Crippen LogP contribution in [0.15, 0.2) is 18.2 Å². The number of halogens is 2. The van der Waals surface area contributed by atoms with Gasteiger partial charge in [0.2, 0.25) is 11.8 Å². The Kier molecular flexibility index (Phi) is 7.19. The van der Waals surface area contributed by atoms with Crippen LogP contribution < -0.4 is 5.32 Å². The van der Waals surface area contributed by atoms with Crippen molar-refractivity contribution >= 4 is 28.6 Å². The maximum Gasteiger partial charge on any atom is 0.270 e. The fourth-order valence-electron chi connectivity index (χ4n) is 5.15. The zero-order valence-corrected chi connectivity index (χ0v) is 19.8. The van der Waals surface area contributed by atoms with Crippen molar-refractivity contribution in [1.29, 1.82) is 0 Å². The standard InChI is InChI=1S/C25H32F2N4O3/c1-3-22(32)28-23(16-7-5-4-6-8-16)25(34)31-11-9-30(10-12-31)24(33)21-14-17-13-18(26)19(27)15-20(17)29(21)2/h13-16,23H,3-12H2,1-2H3,(H,28,32)/t23-/m0/s1. The van der Waals surface area contributed by atoms with E-state index in [1.54, 1.807) is 34.4 Å². The van der Waals surface area contributed by atoms with Crippen molar-refractivity contribution in [3.05, 3.63) is 35.5 Å². The number of benzene rings is 1. The minimum atomic E-state index is -0.956. The summed E-state index contributed by atoms with van der Waals surface area (Å²) in [7, 11) is 1.65. The van der Waals surface area contributed by atoms with Crippen LogP contribution in [0.25, 0.3) is 10.9 Å². The maximum absolute atomic E-state index is 13.7. The van der Waals surface area contributed by atoms with E-state index in [-0.39, 0.29) is 23.6 Å². The summed E-state index contributed by atoms with van der Waals surface area (Å²) in [5.74, 6) is -2.20. The Morgan fingerprint density at radius 3 is 2.24 bits per heavy atom. The molecule has 1 aliphatic carbocycles. The van der Waals surface area contributed by atoms with E-state index in [4.69, 9.17) is 0 Å². The molecule has 2 heterocycles. The highest BCUT2D eigenvalue weighted by Crippen LogP contribution is 2.28. The van der Waals surface area contributed by atoms with Crippen molar-refractivity contribution < 1.29 is 23.2 Å². The average Bonchev–Trinajstić information content (AvgIpc) is 3.17. The van der Waals surface area contributed by atoms with Gasteiger partial charge in [-0.25, -0.2) is 8.78 Å². The lowest BCUT2D eigenvalue weighted by atomic mass is 9.83. The molecule has 2 fully saturated rings. The summed E-state index contributed by atoms with van der Waals surface area (Å²) in [5, 5.41) is 3.41. The number of hydrogen-bond acceptors (Lipinski definition) is 3. The van der Waals surface area contributed by atoms with Crippen LogP contribution in [0.3, 0.4) is 0 Å². The third-order valence-electron chi connectivity index (χ3n) is 7.21. The molecule has 1 saturated carbocycles. The average molecular weight is 475 g/mol. The summed E-state index contributed by atoms with van der Waals surface area (Å²) in [4.78, 5) is 42.0. The van der Waals surface area contributed by atoms with Crippen molar-refractivity contribution in [1.82, 2.24) is 19.7 Å². The molecule has 0 radical (unpaired) electrons. The fraction of sp³-hybridized carbons (Fsp3) is 0.560. The Morgan fingerprint density at radius 1 is 0.971 bits per heavy atom. The SMILES string of the molecule is CCC(=O)N[C@H](C(=O)N1CCN(C(=O)c2cc3cc(F)c(F)cc3n2C)CC1)C1CCCCC1. The summed E-state index contributed by atoms with van der Waals surface area (Å²) in [6.07, 6.45) is 5.49. The Labute approximate surface area is 198 Å². The zero-order chi connectivity index (χ0) is 24.4. The highest BCUT2D eigenvalue weighted by Gasteiger charge is 2.35. The Bertz CT molecular complexity index is 1090. The molecule has 1 N–H and O–H groups in total.